The number of aryl methyl sites for hydroxylation is 1. The van der Waals surface area contributed by atoms with E-state index in [0.29, 0.717) is 32.8 Å². The SMILES string of the molecule is CN=C(NCC1CCN(CC(F)(F)F)C1)N1CCOC(c2ccccc2C)C1. The fraction of sp³-hybridized carbons (Fsp3) is 0.650. The Kier molecular flexibility index (Phi) is 6.82. The number of hydrogen-bond donors (Lipinski definition) is 1. The number of rotatable bonds is 4. The zero-order valence-corrected chi connectivity index (χ0v) is 16.5. The van der Waals surface area contributed by atoms with Gasteiger partial charge >= 0.3 is 6.18 Å². The van der Waals surface area contributed by atoms with E-state index in [-0.39, 0.29) is 12.0 Å². The predicted molar refractivity (Wildman–Crippen MR) is 103 cm³/mol. The summed E-state index contributed by atoms with van der Waals surface area (Å²) in [6.45, 7) is 4.92. The Balaban J connectivity index is 1.52. The fourth-order valence-corrected chi connectivity index (χ4v) is 4.02. The molecule has 2 unspecified atom stereocenters. The minimum atomic E-state index is -4.13. The van der Waals surface area contributed by atoms with E-state index in [2.05, 4.69) is 34.3 Å². The van der Waals surface area contributed by atoms with E-state index in [1.165, 1.54) is 16.0 Å². The molecule has 0 amide bonds. The van der Waals surface area contributed by atoms with E-state index >= 15 is 0 Å². The maximum atomic E-state index is 12.6. The molecule has 28 heavy (non-hydrogen) atoms. The van der Waals surface area contributed by atoms with E-state index in [0.717, 1.165) is 18.9 Å². The van der Waals surface area contributed by atoms with Crippen molar-refractivity contribution in [2.75, 3.05) is 52.9 Å². The Morgan fingerprint density at radius 2 is 2.04 bits per heavy atom. The first-order valence-corrected chi connectivity index (χ1v) is 9.77. The fourth-order valence-electron chi connectivity index (χ4n) is 4.02. The van der Waals surface area contributed by atoms with Crippen molar-refractivity contribution in [2.24, 2.45) is 10.9 Å². The number of halogens is 3. The van der Waals surface area contributed by atoms with Crippen LogP contribution in [-0.2, 0) is 4.74 Å². The van der Waals surface area contributed by atoms with Crippen LogP contribution >= 0.6 is 0 Å². The second-order valence-electron chi connectivity index (χ2n) is 7.60. The largest absolute Gasteiger partial charge is 0.401 e. The molecule has 2 aliphatic heterocycles. The highest BCUT2D eigenvalue weighted by Gasteiger charge is 2.34. The van der Waals surface area contributed by atoms with Crippen molar-refractivity contribution in [2.45, 2.75) is 25.6 Å². The van der Waals surface area contributed by atoms with E-state index in [1.807, 2.05) is 12.1 Å². The summed E-state index contributed by atoms with van der Waals surface area (Å²) in [6, 6.07) is 8.21. The number of aliphatic imine (C=N–C) groups is 1. The third-order valence-electron chi connectivity index (χ3n) is 5.43. The second kappa shape index (κ2) is 9.13. The summed E-state index contributed by atoms with van der Waals surface area (Å²) < 4.78 is 43.6. The zero-order valence-electron chi connectivity index (χ0n) is 16.5. The molecule has 3 rings (SSSR count). The second-order valence-corrected chi connectivity index (χ2v) is 7.60. The highest BCUT2D eigenvalue weighted by Crippen LogP contribution is 2.25. The van der Waals surface area contributed by atoms with Crippen LogP contribution in [-0.4, -0.2) is 74.9 Å². The lowest BCUT2D eigenvalue weighted by atomic mass is 10.0. The average molecular weight is 398 g/mol. The van der Waals surface area contributed by atoms with Gasteiger partial charge in [-0.1, -0.05) is 24.3 Å². The Morgan fingerprint density at radius 1 is 1.25 bits per heavy atom. The van der Waals surface area contributed by atoms with Crippen LogP contribution in [0.25, 0.3) is 0 Å². The highest BCUT2D eigenvalue weighted by molar-refractivity contribution is 5.80. The van der Waals surface area contributed by atoms with E-state index in [9.17, 15) is 13.2 Å². The van der Waals surface area contributed by atoms with Gasteiger partial charge in [0, 0.05) is 26.7 Å². The standard InChI is InChI=1S/C20H29F3N4O/c1-15-5-3-4-6-17(15)18-13-27(9-10-28-18)19(24-2)25-11-16-7-8-26(12-16)14-20(21,22)23/h3-6,16,18H,7-14H2,1-2H3,(H,24,25). The number of ether oxygens (including phenoxy) is 1. The summed E-state index contributed by atoms with van der Waals surface area (Å²) in [5.41, 5.74) is 2.38. The van der Waals surface area contributed by atoms with Crippen molar-refractivity contribution in [3.63, 3.8) is 0 Å². The van der Waals surface area contributed by atoms with Gasteiger partial charge in [0.05, 0.1) is 19.7 Å². The maximum absolute atomic E-state index is 12.6. The van der Waals surface area contributed by atoms with Crippen LogP contribution in [0, 0.1) is 12.8 Å². The monoisotopic (exact) mass is 398 g/mol. The molecule has 2 heterocycles. The summed E-state index contributed by atoms with van der Waals surface area (Å²) in [4.78, 5) is 8.04. The minimum absolute atomic E-state index is 0.0118. The molecule has 2 atom stereocenters. The lowest BCUT2D eigenvalue weighted by Crippen LogP contribution is -2.49. The van der Waals surface area contributed by atoms with Crippen LogP contribution < -0.4 is 5.32 Å². The van der Waals surface area contributed by atoms with Gasteiger partial charge in [-0.05, 0) is 36.9 Å². The van der Waals surface area contributed by atoms with E-state index in [1.54, 1.807) is 7.05 Å². The molecule has 0 saturated carbocycles. The van der Waals surface area contributed by atoms with Gasteiger partial charge in [-0.15, -0.1) is 0 Å². The number of nitrogens with one attached hydrogen (secondary N) is 1. The molecule has 5 nitrogen and oxygen atoms in total. The molecule has 2 fully saturated rings. The number of likely N-dealkylation sites (tertiary alicyclic amines) is 1. The Bertz CT molecular complexity index is 680. The topological polar surface area (TPSA) is 40.1 Å². The molecular weight excluding hydrogens is 369 g/mol. The number of alkyl halides is 3. The van der Waals surface area contributed by atoms with Crippen LogP contribution in [0.4, 0.5) is 13.2 Å². The maximum Gasteiger partial charge on any atom is 0.401 e. The number of nitrogens with zero attached hydrogens (tertiary/aromatic N) is 3. The van der Waals surface area contributed by atoms with Crippen LogP contribution in [0.5, 0.6) is 0 Å². The van der Waals surface area contributed by atoms with Crippen molar-refractivity contribution in [3.8, 4) is 0 Å². The molecule has 1 aromatic rings. The molecule has 1 aromatic carbocycles. The number of benzene rings is 1. The van der Waals surface area contributed by atoms with Crippen molar-refractivity contribution in [1.82, 2.24) is 15.1 Å². The van der Waals surface area contributed by atoms with Gasteiger partial charge in [0.15, 0.2) is 5.96 Å². The van der Waals surface area contributed by atoms with Gasteiger partial charge in [-0.2, -0.15) is 13.2 Å². The van der Waals surface area contributed by atoms with Gasteiger partial charge in [0.1, 0.15) is 6.10 Å². The van der Waals surface area contributed by atoms with Gasteiger partial charge < -0.3 is 15.0 Å². The Morgan fingerprint density at radius 3 is 2.75 bits per heavy atom. The molecule has 0 spiro atoms. The van der Waals surface area contributed by atoms with E-state index in [4.69, 9.17) is 4.74 Å². The number of guanidine groups is 1. The van der Waals surface area contributed by atoms with Crippen LogP contribution in [0.1, 0.15) is 23.7 Å². The summed E-state index contributed by atoms with van der Waals surface area (Å²) >= 11 is 0. The lowest BCUT2D eigenvalue weighted by Gasteiger charge is -2.36. The molecule has 2 saturated heterocycles. The summed E-state index contributed by atoms with van der Waals surface area (Å²) in [7, 11) is 1.74. The third-order valence-corrected chi connectivity index (χ3v) is 5.43. The molecule has 0 aliphatic carbocycles. The molecule has 8 heteroatoms. The minimum Gasteiger partial charge on any atom is -0.370 e. The molecule has 2 aliphatic rings. The predicted octanol–water partition coefficient (Wildman–Crippen LogP) is 2.83. The number of morpholine rings is 1. The van der Waals surface area contributed by atoms with Crippen molar-refractivity contribution >= 4 is 5.96 Å². The van der Waals surface area contributed by atoms with Gasteiger partial charge in [0.2, 0.25) is 0 Å². The molecule has 1 N–H and O–H groups in total. The average Bonchev–Trinajstić information content (AvgIpc) is 3.08. The molecule has 0 radical (unpaired) electrons. The van der Waals surface area contributed by atoms with Gasteiger partial charge in [0.25, 0.3) is 0 Å². The van der Waals surface area contributed by atoms with E-state index < -0.39 is 12.7 Å². The lowest BCUT2D eigenvalue weighted by molar-refractivity contribution is -0.143. The quantitative estimate of drug-likeness (QED) is 0.626. The summed E-state index contributed by atoms with van der Waals surface area (Å²) in [6.07, 6.45) is -3.37. The van der Waals surface area contributed by atoms with Crippen LogP contribution in [0.3, 0.4) is 0 Å². The Labute approximate surface area is 164 Å². The van der Waals surface area contributed by atoms with Crippen molar-refractivity contribution in [3.05, 3.63) is 35.4 Å². The molecule has 156 valence electrons. The highest BCUT2D eigenvalue weighted by atomic mass is 19.4. The first-order valence-electron chi connectivity index (χ1n) is 9.77. The molecular formula is C20H29F3N4O. The third kappa shape index (κ3) is 5.61. The summed E-state index contributed by atoms with van der Waals surface area (Å²) in [5, 5.41) is 3.36. The molecule has 0 aromatic heterocycles. The van der Waals surface area contributed by atoms with Crippen molar-refractivity contribution < 1.29 is 17.9 Å². The number of hydrogen-bond acceptors (Lipinski definition) is 3. The molecule has 0 bridgehead atoms. The van der Waals surface area contributed by atoms with Crippen LogP contribution in [0.15, 0.2) is 29.3 Å². The van der Waals surface area contributed by atoms with Crippen LogP contribution in [0.2, 0.25) is 0 Å². The van der Waals surface area contributed by atoms with Gasteiger partial charge in [-0.25, -0.2) is 0 Å². The smallest absolute Gasteiger partial charge is 0.370 e. The normalized spacial score (nSPS) is 24.6. The van der Waals surface area contributed by atoms with Gasteiger partial charge in [-0.3, -0.25) is 9.89 Å². The zero-order chi connectivity index (χ0) is 20.1. The Hall–Kier alpha value is -1.80. The van der Waals surface area contributed by atoms with Crippen molar-refractivity contribution in [1.29, 1.82) is 0 Å². The summed E-state index contributed by atoms with van der Waals surface area (Å²) in [5.74, 6) is 0.989. The first-order chi connectivity index (χ1) is 13.4. The first kappa shape index (κ1) is 20.9.